The Hall–Kier alpha value is -0.870. The van der Waals surface area contributed by atoms with Crippen LogP contribution in [-0.2, 0) is 16.6 Å². The van der Waals surface area contributed by atoms with E-state index >= 15 is 0 Å². The van der Waals surface area contributed by atoms with Gasteiger partial charge in [0, 0.05) is 27.7 Å². The van der Waals surface area contributed by atoms with Gasteiger partial charge in [-0.25, -0.2) is 0 Å². The molecule has 106 valence electrons. The molecule has 0 spiro atoms. The zero-order valence-electron chi connectivity index (χ0n) is 11.7. The molecule has 1 aliphatic rings. The minimum atomic E-state index is -0.801. The molecule has 1 aliphatic carbocycles. The van der Waals surface area contributed by atoms with E-state index in [1.54, 1.807) is 7.11 Å². The first-order chi connectivity index (χ1) is 9.11. The lowest BCUT2D eigenvalue weighted by Gasteiger charge is -2.14. The molecule has 4 heteroatoms. The first kappa shape index (κ1) is 14.5. The Balaban J connectivity index is 2.16. The number of methoxy groups -OCH3 is 1. The molecule has 0 saturated heterocycles. The van der Waals surface area contributed by atoms with E-state index in [2.05, 4.69) is 0 Å². The summed E-state index contributed by atoms with van der Waals surface area (Å²) < 4.78 is 17.8. The molecule has 0 amide bonds. The number of nitrogens with two attached hydrogens (primary N) is 1. The van der Waals surface area contributed by atoms with Crippen LogP contribution in [0.1, 0.15) is 49.8 Å². The molecule has 0 heterocycles. The molecule has 0 bridgehead atoms. The van der Waals surface area contributed by atoms with Crippen molar-refractivity contribution in [1.29, 1.82) is 0 Å². The van der Waals surface area contributed by atoms with Crippen molar-refractivity contribution < 1.29 is 8.95 Å². The van der Waals surface area contributed by atoms with E-state index in [-0.39, 0.29) is 6.04 Å². The first-order valence-electron chi connectivity index (χ1n) is 6.91. The number of hydrogen-bond acceptors (Lipinski definition) is 3. The molecule has 3 nitrogen and oxygen atoms in total. The molecule has 19 heavy (non-hydrogen) atoms. The van der Waals surface area contributed by atoms with Crippen molar-refractivity contribution >= 4 is 10.8 Å². The summed E-state index contributed by atoms with van der Waals surface area (Å²) in [7, 11) is 0.855. The Kier molecular flexibility index (Phi) is 4.99. The fourth-order valence-corrected chi connectivity index (χ4v) is 4.24. The van der Waals surface area contributed by atoms with Crippen molar-refractivity contribution in [3.63, 3.8) is 0 Å². The van der Waals surface area contributed by atoms with Gasteiger partial charge in [-0.2, -0.15) is 0 Å². The highest BCUT2D eigenvalue weighted by atomic mass is 32.2. The molecule has 2 unspecified atom stereocenters. The summed E-state index contributed by atoms with van der Waals surface area (Å²) >= 11 is 0. The molecular formula is C15H23NO2S. The van der Waals surface area contributed by atoms with Crippen LogP contribution in [0.3, 0.4) is 0 Å². The topological polar surface area (TPSA) is 52.3 Å². The van der Waals surface area contributed by atoms with Crippen LogP contribution >= 0.6 is 0 Å². The van der Waals surface area contributed by atoms with Crippen molar-refractivity contribution in [2.24, 2.45) is 5.73 Å². The van der Waals surface area contributed by atoms with Crippen LogP contribution in [0.15, 0.2) is 18.2 Å². The smallest absolute Gasteiger partial charge is 0.123 e. The molecule has 2 atom stereocenters. The van der Waals surface area contributed by atoms with Gasteiger partial charge in [-0.05, 0) is 37.5 Å². The molecular weight excluding hydrogens is 258 g/mol. The van der Waals surface area contributed by atoms with E-state index in [9.17, 15) is 4.21 Å². The van der Waals surface area contributed by atoms with Gasteiger partial charge in [0.15, 0.2) is 0 Å². The highest BCUT2D eigenvalue weighted by molar-refractivity contribution is 7.84. The van der Waals surface area contributed by atoms with Crippen LogP contribution in [0.4, 0.5) is 0 Å². The molecule has 1 aromatic carbocycles. The number of rotatable bonds is 5. The van der Waals surface area contributed by atoms with Crippen molar-refractivity contribution in [3.05, 3.63) is 29.3 Å². The van der Waals surface area contributed by atoms with Crippen LogP contribution in [0.5, 0.6) is 5.75 Å². The van der Waals surface area contributed by atoms with Crippen molar-refractivity contribution in [2.45, 2.75) is 49.7 Å². The normalized spacial score (nSPS) is 19.3. The van der Waals surface area contributed by atoms with E-state index in [4.69, 9.17) is 10.5 Å². The summed E-state index contributed by atoms with van der Waals surface area (Å²) in [4.78, 5) is 0. The molecule has 1 aromatic rings. The first-order valence-corrected chi connectivity index (χ1v) is 8.29. The van der Waals surface area contributed by atoms with Crippen molar-refractivity contribution in [3.8, 4) is 5.75 Å². The SMILES string of the molecule is COc1ccc(C(C)N)cc1CS(=O)C1CCCC1. The monoisotopic (exact) mass is 281 g/mol. The molecule has 1 fully saturated rings. The maximum Gasteiger partial charge on any atom is 0.123 e. The maximum absolute atomic E-state index is 12.4. The molecule has 0 aliphatic heterocycles. The highest BCUT2D eigenvalue weighted by Gasteiger charge is 2.22. The molecule has 1 saturated carbocycles. The molecule has 0 aromatic heterocycles. The third kappa shape index (κ3) is 3.57. The Morgan fingerprint density at radius 2 is 2.11 bits per heavy atom. The summed E-state index contributed by atoms with van der Waals surface area (Å²) in [5, 5.41) is 0.365. The number of benzene rings is 1. The Morgan fingerprint density at radius 3 is 2.68 bits per heavy atom. The van der Waals surface area contributed by atoms with Gasteiger partial charge >= 0.3 is 0 Å². The zero-order chi connectivity index (χ0) is 13.8. The van der Waals surface area contributed by atoms with Gasteiger partial charge in [0.1, 0.15) is 5.75 Å². The molecule has 2 N–H and O–H groups in total. The van der Waals surface area contributed by atoms with Gasteiger partial charge in [-0.1, -0.05) is 18.9 Å². The molecule has 0 radical (unpaired) electrons. The summed E-state index contributed by atoms with van der Waals surface area (Å²) in [6.45, 7) is 1.96. The van der Waals surface area contributed by atoms with E-state index in [1.165, 1.54) is 12.8 Å². The largest absolute Gasteiger partial charge is 0.496 e. The third-order valence-corrected chi connectivity index (χ3v) is 5.61. The Labute approximate surface area is 118 Å². The van der Waals surface area contributed by atoms with Gasteiger partial charge in [-0.3, -0.25) is 4.21 Å². The Bertz CT molecular complexity index is 453. The number of hydrogen-bond donors (Lipinski definition) is 1. The van der Waals surface area contributed by atoms with Crippen molar-refractivity contribution in [2.75, 3.05) is 7.11 Å². The second kappa shape index (κ2) is 6.53. The minimum absolute atomic E-state index is 0.00966. The van der Waals surface area contributed by atoms with Crippen LogP contribution in [0.2, 0.25) is 0 Å². The summed E-state index contributed by atoms with van der Waals surface area (Å²) in [6.07, 6.45) is 4.63. The summed E-state index contributed by atoms with van der Waals surface area (Å²) in [6, 6.07) is 5.94. The van der Waals surface area contributed by atoms with Crippen LogP contribution in [0.25, 0.3) is 0 Å². The second-order valence-corrected chi connectivity index (χ2v) is 7.01. The average Bonchev–Trinajstić information content (AvgIpc) is 2.92. The summed E-state index contributed by atoms with van der Waals surface area (Å²) in [5.41, 5.74) is 8.00. The molecule has 2 rings (SSSR count). The van der Waals surface area contributed by atoms with Gasteiger partial charge < -0.3 is 10.5 Å². The zero-order valence-corrected chi connectivity index (χ0v) is 12.5. The summed E-state index contributed by atoms with van der Waals surface area (Å²) in [5.74, 6) is 1.39. The number of ether oxygens (including phenoxy) is 1. The van der Waals surface area contributed by atoms with E-state index < -0.39 is 10.8 Å². The third-order valence-electron chi connectivity index (χ3n) is 3.80. The van der Waals surface area contributed by atoms with Gasteiger partial charge in [-0.15, -0.1) is 0 Å². The van der Waals surface area contributed by atoms with Gasteiger partial charge in [0.05, 0.1) is 12.9 Å². The van der Waals surface area contributed by atoms with E-state index in [0.29, 0.717) is 11.0 Å². The quantitative estimate of drug-likeness (QED) is 0.903. The average molecular weight is 281 g/mol. The lowest BCUT2D eigenvalue weighted by atomic mass is 10.1. The standard InChI is InChI=1S/C15H23NO2S/c1-11(16)12-7-8-15(18-2)13(9-12)10-19(17)14-5-3-4-6-14/h7-9,11,14H,3-6,10,16H2,1-2H3. The fraction of sp³-hybridized carbons (Fsp3) is 0.600. The fourth-order valence-electron chi connectivity index (χ4n) is 2.62. The second-order valence-electron chi connectivity index (χ2n) is 5.29. The van der Waals surface area contributed by atoms with Gasteiger partial charge in [0.25, 0.3) is 0 Å². The van der Waals surface area contributed by atoms with Gasteiger partial charge in [0.2, 0.25) is 0 Å². The van der Waals surface area contributed by atoms with E-state index in [0.717, 1.165) is 29.7 Å². The van der Waals surface area contributed by atoms with E-state index in [1.807, 2.05) is 25.1 Å². The minimum Gasteiger partial charge on any atom is -0.496 e. The highest BCUT2D eigenvalue weighted by Crippen LogP contribution is 2.28. The lowest BCUT2D eigenvalue weighted by Crippen LogP contribution is -2.13. The van der Waals surface area contributed by atoms with Crippen LogP contribution in [0, 0.1) is 0 Å². The Morgan fingerprint density at radius 1 is 1.42 bits per heavy atom. The maximum atomic E-state index is 12.4. The van der Waals surface area contributed by atoms with Crippen molar-refractivity contribution in [1.82, 2.24) is 0 Å². The lowest BCUT2D eigenvalue weighted by molar-refractivity contribution is 0.411. The van der Waals surface area contributed by atoms with Crippen LogP contribution < -0.4 is 10.5 Å². The predicted octanol–water partition coefficient (Wildman–Crippen LogP) is 2.91. The predicted molar refractivity (Wildman–Crippen MR) is 79.7 cm³/mol. The van der Waals surface area contributed by atoms with Crippen LogP contribution in [-0.4, -0.2) is 16.6 Å².